The molecule has 0 saturated carbocycles. The Morgan fingerprint density at radius 2 is 2.38 bits per heavy atom. The van der Waals surface area contributed by atoms with Gasteiger partial charge in [-0.05, 0) is 17.7 Å². The van der Waals surface area contributed by atoms with Gasteiger partial charge in [0.1, 0.15) is 0 Å². The van der Waals surface area contributed by atoms with E-state index in [1.54, 1.807) is 18.3 Å². The van der Waals surface area contributed by atoms with Crippen LogP contribution < -0.4 is 5.56 Å². The number of allylic oxidation sites excluding steroid dienone is 1. The number of aromatic nitrogens is 2. The second kappa shape index (κ2) is 4.41. The number of fused-ring (bicyclic) bond motifs is 1. The normalized spacial score (nSPS) is 10.7. The molecular formula is C12H9N3O. The number of nitrogens with zero attached hydrogens (tertiary/aromatic N) is 2. The summed E-state index contributed by atoms with van der Waals surface area (Å²) in [6.07, 6.45) is 5.62. The maximum absolute atomic E-state index is 11.4. The molecule has 0 atom stereocenters. The zero-order valence-electron chi connectivity index (χ0n) is 8.47. The van der Waals surface area contributed by atoms with E-state index in [4.69, 9.17) is 5.26 Å². The lowest BCUT2D eigenvalue weighted by molar-refractivity contribution is 1.01. The van der Waals surface area contributed by atoms with E-state index in [0.717, 1.165) is 10.9 Å². The highest BCUT2D eigenvalue weighted by Crippen LogP contribution is 2.12. The molecule has 1 heterocycles. The molecule has 0 radical (unpaired) electrons. The number of hydrogen-bond donors (Lipinski definition) is 1. The number of nitrogens with one attached hydrogen (secondary N) is 1. The first-order valence-corrected chi connectivity index (χ1v) is 4.82. The molecule has 0 saturated heterocycles. The molecule has 0 aliphatic heterocycles. The van der Waals surface area contributed by atoms with Gasteiger partial charge in [-0.1, -0.05) is 18.2 Å². The highest BCUT2D eigenvalue weighted by atomic mass is 16.1. The molecule has 4 nitrogen and oxygen atoms in total. The third-order valence-electron chi connectivity index (χ3n) is 2.21. The first kappa shape index (κ1) is 10.1. The Bertz CT molecular complexity index is 634. The molecule has 4 heteroatoms. The zero-order valence-corrected chi connectivity index (χ0v) is 8.47. The molecule has 0 amide bonds. The van der Waals surface area contributed by atoms with E-state index in [1.807, 2.05) is 24.3 Å². The Balaban J connectivity index is 2.46. The smallest absolute Gasteiger partial charge is 0.267 e. The van der Waals surface area contributed by atoms with Crippen LogP contribution in [0.5, 0.6) is 0 Å². The Hall–Kier alpha value is -2.41. The third kappa shape index (κ3) is 1.98. The molecule has 2 aromatic rings. The van der Waals surface area contributed by atoms with Crippen molar-refractivity contribution in [3.05, 3.63) is 46.4 Å². The van der Waals surface area contributed by atoms with Crippen LogP contribution in [0.1, 0.15) is 12.0 Å². The standard InChI is InChI=1S/C12H9N3O/c13-6-2-1-3-9-4-5-11-10(7-9)8-14-15-12(11)16/h1,3-5,7-8H,2H2,(H,15,16). The molecule has 2 rings (SSSR count). The average molecular weight is 211 g/mol. The highest BCUT2D eigenvalue weighted by Gasteiger charge is 1.98. The molecular weight excluding hydrogens is 202 g/mol. The summed E-state index contributed by atoms with van der Waals surface area (Å²) in [4.78, 5) is 11.4. The van der Waals surface area contributed by atoms with Gasteiger partial charge in [0.15, 0.2) is 0 Å². The van der Waals surface area contributed by atoms with Crippen molar-refractivity contribution in [1.82, 2.24) is 10.2 Å². The molecule has 0 spiro atoms. The van der Waals surface area contributed by atoms with Crippen LogP contribution in [-0.2, 0) is 0 Å². The largest absolute Gasteiger partial charge is 0.272 e. The number of aromatic amines is 1. The van der Waals surface area contributed by atoms with Gasteiger partial charge in [0.2, 0.25) is 0 Å². The summed E-state index contributed by atoms with van der Waals surface area (Å²) >= 11 is 0. The average Bonchev–Trinajstić information content (AvgIpc) is 2.30. The van der Waals surface area contributed by atoms with E-state index in [0.29, 0.717) is 11.8 Å². The third-order valence-corrected chi connectivity index (χ3v) is 2.21. The fourth-order valence-electron chi connectivity index (χ4n) is 1.47. The van der Waals surface area contributed by atoms with Gasteiger partial charge in [-0.2, -0.15) is 10.4 Å². The summed E-state index contributed by atoms with van der Waals surface area (Å²) in [6, 6.07) is 7.49. The maximum atomic E-state index is 11.4. The van der Waals surface area contributed by atoms with Crippen LogP contribution in [-0.4, -0.2) is 10.2 Å². The lowest BCUT2D eigenvalue weighted by Crippen LogP contribution is -2.06. The minimum atomic E-state index is -0.190. The first-order valence-electron chi connectivity index (χ1n) is 4.82. The quantitative estimate of drug-likeness (QED) is 0.824. The molecule has 0 aliphatic rings. The van der Waals surface area contributed by atoms with E-state index in [9.17, 15) is 4.79 Å². The van der Waals surface area contributed by atoms with Crippen molar-refractivity contribution in [3.8, 4) is 6.07 Å². The van der Waals surface area contributed by atoms with E-state index < -0.39 is 0 Å². The second-order valence-corrected chi connectivity index (χ2v) is 3.31. The van der Waals surface area contributed by atoms with E-state index >= 15 is 0 Å². The molecule has 78 valence electrons. The second-order valence-electron chi connectivity index (χ2n) is 3.31. The van der Waals surface area contributed by atoms with Gasteiger partial charge >= 0.3 is 0 Å². The van der Waals surface area contributed by atoms with Gasteiger partial charge < -0.3 is 0 Å². The molecule has 0 fully saturated rings. The summed E-state index contributed by atoms with van der Waals surface area (Å²) in [5.41, 5.74) is 0.764. The number of rotatable bonds is 2. The number of hydrogen-bond acceptors (Lipinski definition) is 3. The summed E-state index contributed by atoms with van der Waals surface area (Å²) in [5, 5.41) is 15.9. The van der Waals surface area contributed by atoms with E-state index in [1.165, 1.54) is 0 Å². The van der Waals surface area contributed by atoms with Crippen LogP contribution in [0.25, 0.3) is 16.8 Å². The van der Waals surface area contributed by atoms with Crippen molar-refractivity contribution >= 4 is 16.8 Å². The van der Waals surface area contributed by atoms with Crippen LogP contribution in [0.3, 0.4) is 0 Å². The van der Waals surface area contributed by atoms with Gasteiger partial charge in [-0.3, -0.25) is 4.79 Å². The SMILES string of the molecule is N#CCC=Cc1ccc2c(=O)[nH]ncc2c1. The van der Waals surface area contributed by atoms with Gasteiger partial charge in [-0.15, -0.1) is 0 Å². The van der Waals surface area contributed by atoms with Gasteiger partial charge in [0.05, 0.1) is 24.1 Å². The Morgan fingerprint density at radius 3 is 3.19 bits per heavy atom. The lowest BCUT2D eigenvalue weighted by atomic mass is 10.1. The number of H-pyrrole nitrogens is 1. The van der Waals surface area contributed by atoms with Crippen molar-refractivity contribution in [2.75, 3.05) is 0 Å². The summed E-state index contributed by atoms with van der Waals surface area (Å²) in [5.74, 6) is 0. The minimum Gasteiger partial charge on any atom is -0.267 e. The van der Waals surface area contributed by atoms with Crippen molar-refractivity contribution in [2.24, 2.45) is 0 Å². The minimum absolute atomic E-state index is 0.190. The number of benzene rings is 1. The van der Waals surface area contributed by atoms with Crippen molar-refractivity contribution in [3.63, 3.8) is 0 Å². The Kier molecular flexibility index (Phi) is 2.79. The summed E-state index contributed by atoms with van der Waals surface area (Å²) in [6.45, 7) is 0. The van der Waals surface area contributed by atoms with Crippen LogP contribution in [0.2, 0.25) is 0 Å². The highest BCUT2D eigenvalue weighted by molar-refractivity contribution is 5.82. The van der Waals surface area contributed by atoms with Gasteiger partial charge in [0.25, 0.3) is 5.56 Å². The van der Waals surface area contributed by atoms with Crippen molar-refractivity contribution in [2.45, 2.75) is 6.42 Å². The first-order chi connectivity index (χ1) is 7.81. The van der Waals surface area contributed by atoms with Crippen molar-refractivity contribution < 1.29 is 0 Å². The molecule has 0 bridgehead atoms. The van der Waals surface area contributed by atoms with Crippen molar-refractivity contribution in [1.29, 1.82) is 5.26 Å². The topological polar surface area (TPSA) is 69.5 Å². The number of nitriles is 1. The molecule has 1 N–H and O–H groups in total. The van der Waals surface area contributed by atoms with Crippen LogP contribution in [0.4, 0.5) is 0 Å². The lowest BCUT2D eigenvalue weighted by Gasteiger charge is -1.97. The molecule has 16 heavy (non-hydrogen) atoms. The van der Waals surface area contributed by atoms with E-state index in [2.05, 4.69) is 10.2 Å². The monoisotopic (exact) mass is 211 g/mol. The van der Waals surface area contributed by atoms with Crippen LogP contribution in [0, 0.1) is 11.3 Å². The molecule has 0 unspecified atom stereocenters. The summed E-state index contributed by atoms with van der Waals surface area (Å²) < 4.78 is 0. The zero-order chi connectivity index (χ0) is 11.4. The summed E-state index contributed by atoms with van der Waals surface area (Å²) in [7, 11) is 0. The fourth-order valence-corrected chi connectivity index (χ4v) is 1.47. The molecule has 0 aliphatic carbocycles. The Labute approximate surface area is 91.8 Å². The fraction of sp³-hybridized carbons (Fsp3) is 0.0833. The van der Waals surface area contributed by atoms with Crippen LogP contribution in [0.15, 0.2) is 35.3 Å². The molecule has 1 aromatic carbocycles. The van der Waals surface area contributed by atoms with E-state index in [-0.39, 0.29) is 5.56 Å². The predicted molar refractivity (Wildman–Crippen MR) is 61.6 cm³/mol. The van der Waals surface area contributed by atoms with Gasteiger partial charge in [0, 0.05) is 5.39 Å². The van der Waals surface area contributed by atoms with Gasteiger partial charge in [-0.25, -0.2) is 5.10 Å². The molecule has 1 aromatic heterocycles. The maximum Gasteiger partial charge on any atom is 0.272 e. The Morgan fingerprint density at radius 1 is 1.50 bits per heavy atom. The van der Waals surface area contributed by atoms with Crippen LogP contribution >= 0.6 is 0 Å². The predicted octanol–water partition coefficient (Wildman–Crippen LogP) is 1.85.